The van der Waals surface area contributed by atoms with Gasteiger partial charge in [0.15, 0.2) is 0 Å². The van der Waals surface area contributed by atoms with Crippen LogP contribution in [0.5, 0.6) is 0 Å². The van der Waals surface area contributed by atoms with E-state index in [9.17, 15) is 0 Å². The molecule has 0 unspecified atom stereocenters. The van der Waals surface area contributed by atoms with E-state index in [0.717, 1.165) is 5.69 Å². The van der Waals surface area contributed by atoms with Gasteiger partial charge >= 0.3 is 0 Å². The van der Waals surface area contributed by atoms with Gasteiger partial charge in [0.25, 0.3) is 5.22 Å². The van der Waals surface area contributed by atoms with E-state index in [-0.39, 0.29) is 6.54 Å². The van der Waals surface area contributed by atoms with E-state index in [1.54, 1.807) is 0 Å². The molecule has 92 valence electrons. The molecule has 17 heavy (non-hydrogen) atoms. The molecule has 2 aromatic heterocycles. The normalized spacial score (nSPS) is 11.3. The summed E-state index contributed by atoms with van der Waals surface area (Å²) in [6.45, 7) is 4.46. The molecule has 2 rings (SSSR count). The Balaban J connectivity index is 1.92. The zero-order chi connectivity index (χ0) is 12.3. The Hall–Kier alpha value is -1.34. The highest BCUT2D eigenvalue weighted by molar-refractivity contribution is 7.98. The quantitative estimate of drug-likeness (QED) is 0.815. The number of nitrogens with two attached hydrogens (primary N) is 1. The first kappa shape index (κ1) is 12.1. The standard InChI is InChI=1S/C10H15N5OS/c1-7(2)15-4-3-8(14-15)6-17-10-13-12-9(5-11)16-10/h3-4,7H,5-6,11H2,1-2H3. The van der Waals surface area contributed by atoms with Gasteiger partial charge in [0, 0.05) is 18.0 Å². The van der Waals surface area contributed by atoms with Crippen LogP contribution in [0.15, 0.2) is 21.9 Å². The fraction of sp³-hybridized carbons (Fsp3) is 0.500. The molecule has 0 amide bonds. The van der Waals surface area contributed by atoms with E-state index in [2.05, 4.69) is 29.1 Å². The monoisotopic (exact) mass is 253 g/mol. The van der Waals surface area contributed by atoms with Gasteiger partial charge in [0.2, 0.25) is 5.89 Å². The third-order valence-electron chi connectivity index (χ3n) is 2.16. The van der Waals surface area contributed by atoms with E-state index < -0.39 is 0 Å². The van der Waals surface area contributed by atoms with Gasteiger partial charge in [-0.25, -0.2) is 0 Å². The average molecular weight is 253 g/mol. The Morgan fingerprint density at radius 2 is 2.29 bits per heavy atom. The predicted octanol–water partition coefficient (Wildman–Crippen LogP) is 1.60. The first-order valence-electron chi connectivity index (χ1n) is 5.38. The molecular weight excluding hydrogens is 238 g/mol. The summed E-state index contributed by atoms with van der Waals surface area (Å²) in [5.74, 6) is 1.17. The van der Waals surface area contributed by atoms with Crippen molar-refractivity contribution in [2.24, 2.45) is 5.73 Å². The Labute approximate surface area is 104 Å². The SMILES string of the molecule is CC(C)n1ccc(CSc2nnc(CN)o2)n1. The number of aromatic nitrogens is 4. The van der Waals surface area contributed by atoms with E-state index in [1.807, 2.05) is 16.9 Å². The molecule has 0 aromatic carbocycles. The first-order chi connectivity index (χ1) is 8.19. The molecular formula is C10H15N5OS. The third-order valence-corrected chi connectivity index (χ3v) is 3.01. The van der Waals surface area contributed by atoms with Crippen molar-refractivity contribution >= 4 is 11.8 Å². The minimum atomic E-state index is 0.273. The zero-order valence-corrected chi connectivity index (χ0v) is 10.6. The molecule has 0 aliphatic rings. The van der Waals surface area contributed by atoms with Crippen molar-refractivity contribution in [2.45, 2.75) is 37.4 Å². The highest BCUT2D eigenvalue weighted by atomic mass is 32.2. The lowest BCUT2D eigenvalue weighted by Gasteiger charge is -2.03. The molecule has 0 saturated heterocycles. The molecule has 7 heteroatoms. The molecule has 0 saturated carbocycles. The maximum atomic E-state index is 5.39. The van der Waals surface area contributed by atoms with Crippen molar-refractivity contribution in [1.29, 1.82) is 0 Å². The summed E-state index contributed by atoms with van der Waals surface area (Å²) in [5.41, 5.74) is 6.38. The summed E-state index contributed by atoms with van der Waals surface area (Å²) < 4.78 is 7.22. The van der Waals surface area contributed by atoms with Crippen molar-refractivity contribution in [3.63, 3.8) is 0 Å². The molecule has 0 aliphatic heterocycles. The number of hydrogen-bond donors (Lipinski definition) is 1. The van der Waals surface area contributed by atoms with Crippen LogP contribution in [-0.2, 0) is 12.3 Å². The predicted molar refractivity (Wildman–Crippen MR) is 64.4 cm³/mol. The molecule has 0 atom stereocenters. The van der Waals surface area contributed by atoms with Crippen LogP contribution < -0.4 is 5.73 Å². The second kappa shape index (κ2) is 5.33. The fourth-order valence-corrected chi connectivity index (χ4v) is 1.94. The summed E-state index contributed by atoms with van der Waals surface area (Å²) in [5, 5.41) is 12.6. The smallest absolute Gasteiger partial charge is 0.277 e. The van der Waals surface area contributed by atoms with Crippen LogP contribution in [0.1, 0.15) is 31.5 Å². The van der Waals surface area contributed by atoms with Crippen molar-refractivity contribution in [1.82, 2.24) is 20.0 Å². The summed E-state index contributed by atoms with van der Waals surface area (Å²) in [6, 6.07) is 2.37. The molecule has 2 aromatic rings. The molecule has 0 radical (unpaired) electrons. The van der Waals surface area contributed by atoms with Gasteiger partial charge in [-0.15, -0.1) is 10.2 Å². The lowest BCUT2D eigenvalue weighted by Crippen LogP contribution is -2.01. The van der Waals surface area contributed by atoms with Gasteiger partial charge in [-0.1, -0.05) is 11.8 Å². The fourth-order valence-electron chi connectivity index (χ4n) is 1.26. The average Bonchev–Trinajstić information content (AvgIpc) is 2.95. The maximum Gasteiger partial charge on any atom is 0.277 e. The third kappa shape index (κ3) is 3.07. The summed E-state index contributed by atoms with van der Waals surface area (Å²) >= 11 is 1.46. The van der Waals surface area contributed by atoms with Gasteiger partial charge < -0.3 is 10.2 Å². The molecule has 0 spiro atoms. The Bertz CT molecular complexity index is 479. The number of nitrogens with zero attached hydrogens (tertiary/aromatic N) is 4. The van der Waals surface area contributed by atoms with Crippen LogP contribution in [0.2, 0.25) is 0 Å². The van der Waals surface area contributed by atoms with Crippen molar-refractivity contribution < 1.29 is 4.42 Å². The Morgan fingerprint density at radius 1 is 1.47 bits per heavy atom. The van der Waals surface area contributed by atoms with E-state index in [4.69, 9.17) is 10.2 Å². The van der Waals surface area contributed by atoms with Crippen LogP contribution in [0.25, 0.3) is 0 Å². The van der Waals surface area contributed by atoms with E-state index >= 15 is 0 Å². The van der Waals surface area contributed by atoms with E-state index in [1.165, 1.54) is 11.8 Å². The van der Waals surface area contributed by atoms with Crippen molar-refractivity contribution in [3.8, 4) is 0 Å². The van der Waals surface area contributed by atoms with Crippen LogP contribution >= 0.6 is 11.8 Å². The second-order valence-corrected chi connectivity index (χ2v) is 4.76. The lowest BCUT2D eigenvalue weighted by molar-refractivity contribution is 0.414. The Kier molecular flexibility index (Phi) is 3.80. The maximum absolute atomic E-state index is 5.39. The summed E-state index contributed by atoms with van der Waals surface area (Å²) in [6.07, 6.45) is 1.97. The van der Waals surface area contributed by atoms with Gasteiger partial charge in [-0.2, -0.15) is 5.10 Å². The Morgan fingerprint density at radius 3 is 2.88 bits per heavy atom. The second-order valence-electron chi connectivity index (χ2n) is 3.84. The summed E-state index contributed by atoms with van der Waals surface area (Å²) in [4.78, 5) is 0. The topological polar surface area (TPSA) is 82.8 Å². The molecule has 6 nitrogen and oxygen atoms in total. The van der Waals surface area contributed by atoms with E-state index in [0.29, 0.717) is 22.9 Å². The van der Waals surface area contributed by atoms with Gasteiger partial charge in [-0.05, 0) is 19.9 Å². The first-order valence-corrected chi connectivity index (χ1v) is 6.37. The lowest BCUT2D eigenvalue weighted by atomic mass is 10.4. The molecule has 2 heterocycles. The molecule has 2 N–H and O–H groups in total. The number of hydrogen-bond acceptors (Lipinski definition) is 6. The highest BCUT2D eigenvalue weighted by Gasteiger charge is 2.07. The van der Waals surface area contributed by atoms with Crippen LogP contribution in [-0.4, -0.2) is 20.0 Å². The highest BCUT2D eigenvalue weighted by Crippen LogP contribution is 2.20. The summed E-state index contributed by atoms with van der Waals surface area (Å²) in [7, 11) is 0. The van der Waals surface area contributed by atoms with Crippen LogP contribution in [0.3, 0.4) is 0 Å². The van der Waals surface area contributed by atoms with Gasteiger partial charge in [0.05, 0.1) is 12.2 Å². The van der Waals surface area contributed by atoms with Crippen LogP contribution in [0.4, 0.5) is 0 Å². The van der Waals surface area contributed by atoms with Crippen molar-refractivity contribution in [2.75, 3.05) is 0 Å². The molecule has 0 aliphatic carbocycles. The minimum Gasteiger partial charge on any atom is -0.415 e. The van der Waals surface area contributed by atoms with Crippen LogP contribution in [0, 0.1) is 0 Å². The number of rotatable bonds is 5. The number of thioether (sulfide) groups is 1. The van der Waals surface area contributed by atoms with Gasteiger partial charge in [0.1, 0.15) is 0 Å². The molecule has 0 bridgehead atoms. The minimum absolute atomic E-state index is 0.273. The van der Waals surface area contributed by atoms with Gasteiger partial charge in [-0.3, -0.25) is 4.68 Å². The van der Waals surface area contributed by atoms with Crippen molar-refractivity contribution in [3.05, 3.63) is 23.8 Å². The zero-order valence-electron chi connectivity index (χ0n) is 9.83. The largest absolute Gasteiger partial charge is 0.415 e. The molecule has 0 fully saturated rings.